The van der Waals surface area contributed by atoms with Crippen LogP contribution in [0.25, 0.3) is 0 Å². The summed E-state index contributed by atoms with van der Waals surface area (Å²) in [5.74, 6) is 0.466. The SMILES string of the molecule is O=Cc1ccc(OCC(F)(F)F)c(C2CC2)c1. The van der Waals surface area contributed by atoms with Crippen molar-refractivity contribution < 1.29 is 22.7 Å². The molecule has 0 bridgehead atoms. The van der Waals surface area contributed by atoms with Crippen LogP contribution in [0.4, 0.5) is 13.2 Å². The molecule has 2 rings (SSSR count). The van der Waals surface area contributed by atoms with Crippen LogP contribution in [0.5, 0.6) is 5.75 Å². The summed E-state index contributed by atoms with van der Waals surface area (Å²) in [7, 11) is 0. The van der Waals surface area contributed by atoms with Gasteiger partial charge in [-0.3, -0.25) is 4.79 Å². The van der Waals surface area contributed by atoms with E-state index in [-0.39, 0.29) is 11.7 Å². The quantitative estimate of drug-likeness (QED) is 0.759. The number of carbonyl (C=O) groups excluding carboxylic acids is 1. The van der Waals surface area contributed by atoms with Gasteiger partial charge in [0.05, 0.1) is 0 Å². The van der Waals surface area contributed by atoms with Crippen molar-refractivity contribution in [1.82, 2.24) is 0 Å². The summed E-state index contributed by atoms with van der Waals surface area (Å²) in [6, 6.07) is 4.50. The van der Waals surface area contributed by atoms with Gasteiger partial charge in [0.1, 0.15) is 12.0 Å². The summed E-state index contributed by atoms with van der Waals surface area (Å²) in [5.41, 5.74) is 1.17. The van der Waals surface area contributed by atoms with Gasteiger partial charge in [-0.15, -0.1) is 0 Å². The second-order valence-corrected chi connectivity index (χ2v) is 4.09. The minimum Gasteiger partial charge on any atom is -0.484 e. The van der Waals surface area contributed by atoms with E-state index in [2.05, 4.69) is 0 Å². The predicted octanol–water partition coefficient (Wildman–Crippen LogP) is 3.32. The van der Waals surface area contributed by atoms with Crippen LogP contribution in [0, 0.1) is 0 Å². The van der Waals surface area contributed by atoms with Gasteiger partial charge >= 0.3 is 6.18 Å². The topological polar surface area (TPSA) is 26.3 Å². The lowest BCUT2D eigenvalue weighted by atomic mass is 10.1. The van der Waals surface area contributed by atoms with Crippen LogP contribution in [-0.4, -0.2) is 19.1 Å². The third kappa shape index (κ3) is 3.22. The minimum atomic E-state index is -4.34. The van der Waals surface area contributed by atoms with Crippen molar-refractivity contribution >= 4 is 6.29 Å². The Bertz CT molecular complexity index is 422. The fraction of sp³-hybridized carbons (Fsp3) is 0.417. The molecular formula is C12H11F3O2. The lowest BCUT2D eigenvalue weighted by Gasteiger charge is -2.13. The van der Waals surface area contributed by atoms with E-state index in [0.717, 1.165) is 12.8 Å². The van der Waals surface area contributed by atoms with Gasteiger partial charge in [-0.1, -0.05) is 0 Å². The van der Waals surface area contributed by atoms with Crippen LogP contribution in [-0.2, 0) is 0 Å². The molecule has 92 valence electrons. The van der Waals surface area contributed by atoms with Crippen molar-refractivity contribution in [1.29, 1.82) is 0 Å². The Kier molecular flexibility index (Phi) is 3.09. The molecule has 1 aliphatic carbocycles. The molecular weight excluding hydrogens is 233 g/mol. The van der Waals surface area contributed by atoms with E-state index in [0.29, 0.717) is 17.4 Å². The van der Waals surface area contributed by atoms with Crippen molar-refractivity contribution in [3.05, 3.63) is 29.3 Å². The molecule has 1 aromatic carbocycles. The number of halogens is 3. The standard InChI is InChI=1S/C12H11F3O2/c13-12(14,15)7-17-11-4-1-8(6-16)5-10(11)9-2-3-9/h1,4-6,9H,2-3,7H2. The molecule has 5 heteroatoms. The van der Waals surface area contributed by atoms with E-state index < -0.39 is 12.8 Å². The molecule has 17 heavy (non-hydrogen) atoms. The van der Waals surface area contributed by atoms with Gasteiger partial charge in [-0.25, -0.2) is 0 Å². The highest BCUT2D eigenvalue weighted by molar-refractivity contribution is 5.75. The molecule has 1 aromatic rings. The second kappa shape index (κ2) is 4.39. The van der Waals surface area contributed by atoms with Crippen molar-refractivity contribution in [2.45, 2.75) is 24.9 Å². The number of carbonyl (C=O) groups is 1. The maximum Gasteiger partial charge on any atom is 0.422 e. The molecule has 0 spiro atoms. The molecule has 0 N–H and O–H groups in total. The maximum absolute atomic E-state index is 12.1. The zero-order valence-corrected chi connectivity index (χ0v) is 8.96. The van der Waals surface area contributed by atoms with Gasteiger partial charge in [-0.2, -0.15) is 13.2 Å². The van der Waals surface area contributed by atoms with Crippen LogP contribution in [0.3, 0.4) is 0 Å². The smallest absolute Gasteiger partial charge is 0.422 e. The normalized spacial score (nSPS) is 15.7. The average molecular weight is 244 g/mol. The number of benzene rings is 1. The molecule has 0 heterocycles. The summed E-state index contributed by atoms with van der Waals surface area (Å²) in [6.07, 6.45) is -1.79. The first-order valence-corrected chi connectivity index (χ1v) is 5.28. The van der Waals surface area contributed by atoms with E-state index in [1.54, 1.807) is 6.07 Å². The lowest BCUT2D eigenvalue weighted by Crippen LogP contribution is -2.19. The number of ether oxygens (including phenoxy) is 1. The van der Waals surface area contributed by atoms with E-state index in [1.807, 2.05) is 0 Å². The molecule has 2 nitrogen and oxygen atoms in total. The molecule has 1 saturated carbocycles. The summed E-state index contributed by atoms with van der Waals surface area (Å²) < 4.78 is 40.9. The number of rotatable bonds is 4. The van der Waals surface area contributed by atoms with Gasteiger partial charge in [-0.05, 0) is 42.5 Å². The number of alkyl halides is 3. The largest absolute Gasteiger partial charge is 0.484 e. The summed E-state index contributed by atoms with van der Waals surface area (Å²) >= 11 is 0. The third-order valence-electron chi connectivity index (χ3n) is 2.58. The first-order chi connectivity index (χ1) is 7.99. The zero-order chi connectivity index (χ0) is 12.5. The molecule has 0 atom stereocenters. The van der Waals surface area contributed by atoms with Gasteiger partial charge in [0.25, 0.3) is 0 Å². The van der Waals surface area contributed by atoms with Crippen LogP contribution < -0.4 is 4.74 Å². The maximum atomic E-state index is 12.1. The van der Waals surface area contributed by atoms with E-state index in [9.17, 15) is 18.0 Å². The highest BCUT2D eigenvalue weighted by Gasteiger charge is 2.31. The highest BCUT2D eigenvalue weighted by atomic mass is 19.4. The molecule has 0 aromatic heterocycles. The molecule has 0 amide bonds. The fourth-order valence-electron chi connectivity index (χ4n) is 1.64. The van der Waals surface area contributed by atoms with E-state index in [1.165, 1.54) is 12.1 Å². The Balaban J connectivity index is 2.17. The monoisotopic (exact) mass is 244 g/mol. The highest BCUT2D eigenvalue weighted by Crippen LogP contribution is 2.44. The number of aldehydes is 1. The number of hydrogen-bond donors (Lipinski definition) is 0. The second-order valence-electron chi connectivity index (χ2n) is 4.09. The first kappa shape index (κ1) is 12.0. The van der Waals surface area contributed by atoms with Crippen LogP contribution >= 0.6 is 0 Å². The summed E-state index contributed by atoms with van der Waals surface area (Å²) in [6.45, 7) is -1.30. The van der Waals surface area contributed by atoms with Crippen molar-refractivity contribution in [2.75, 3.05) is 6.61 Å². The fourth-order valence-corrected chi connectivity index (χ4v) is 1.64. The Morgan fingerprint density at radius 3 is 2.59 bits per heavy atom. The average Bonchev–Trinajstić information content (AvgIpc) is 3.09. The number of hydrogen-bond acceptors (Lipinski definition) is 2. The molecule has 0 radical (unpaired) electrons. The Morgan fingerprint density at radius 1 is 1.35 bits per heavy atom. The predicted molar refractivity (Wildman–Crippen MR) is 55.4 cm³/mol. The molecule has 0 unspecified atom stereocenters. The minimum absolute atomic E-state index is 0.232. The van der Waals surface area contributed by atoms with Crippen LogP contribution in [0.1, 0.15) is 34.7 Å². The molecule has 0 saturated heterocycles. The van der Waals surface area contributed by atoms with Gasteiger partial charge < -0.3 is 4.74 Å². The molecule has 1 fully saturated rings. The van der Waals surface area contributed by atoms with E-state index >= 15 is 0 Å². The first-order valence-electron chi connectivity index (χ1n) is 5.28. The Hall–Kier alpha value is -1.52. The van der Waals surface area contributed by atoms with E-state index in [4.69, 9.17) is 4.74 Å². The summed E-state index contributed by atoms with van der Waals surface area (Å²) in [5, 5.41) is 0. The summed E-state index contributed by atoms with van der Waals surface area (Å²) in [4.78, 5) is 10.6. The molecule has 0 aliphatic heterocycles. The molecule has 1 aliphatic rings. The van der Waals surface area contributed by atoms with Crippen molar-refractivity contribution in [3.63, 3.8) is 0 Å². The van der Waals surface area contributed by atoms with Crippen molar-refractivity contribution in [2.24, 2.45) is 0 Å². The van der Waals surface area contributed by atoms with Gasteiger partial charge in [0.15, 0.2) is 6.61 Å². The third-order valence-corrected chi connectivity index (χ3v) is 2.58. The lowest BCUT2D eigenvalue weighted by molar-refractivity contribution is -0.153. The zero-order valence-electron chi connectivity index (χ0n) is 8.96. The van der Waals surface area contributed by atoms with Crippen LogP contribution in [0.2, 0.25) is 0 Å². The van der Waals surface area contributed by atoms with Gasteiger partial charge in [0.2, 0.25) is 0 Å². The Labute approximate surface area is 96.4 Å². The Morgan fingerprint density at radius 2 is 2.06 bits per heavy atom. The van der Waals surface area contributed by atoms with Crippen molar-refractivity contribution in [3.8, 4) is 5.75 Å². The van der Waals surface area contributed by atoms with Gasteiger partial charge in [0, 0.05) is 5.56 Å². The van der Waals surface area contributed by atoms with Crippen LogP contribution in [0.15, 0.2) is 18.2 Å².